The van der Waals surface area contributed by atoms with E-state index in [9.17, 15) is 4.79 Å². The zero-order valence-electron chi connectivity index (χ0n) is 19.7. The van der Waals surface area contributed by atoms with E-state index in [-0.39, 0.29) is 5.97 Å². The highest BCUT2D eigenvalue weighted by molar-refractivity contribution is 5.89. The normalized spacial score (nSPS) is 10.8. The minimum Gasteiger partial charge on any atom is -0.489 e. The molecule has 0 aromatic heterocycles. The van der Waals surface area contributed by atoms with Crippen LogP contribution in [0.25, 0.3) is 21.9 Å². The Balaban J connectivity index is 1.62. The van der Waals surface area contributed by atoms with Gasteiger partial charge in [-0.3, -0.25) is 4.79 Å². The first-order valence-corrected chi connectivity index (χ1v) is 11.4. The second-order valence-electron chi connectivity index (χ2n) is 8.31. The van der Waals surface area contributed by atoms with Crippen molar-refractivity contribution in [2.75, 3.05) is 37.9 Å². The van der Waals surface area contributed by atoms with Gasteiger partial charge in [-0.15, -0.1) is 0 Å². The van der Waals surface area contributed by atoms with Crippen LogP contribution in [0.5, 0.6) is 5.75 Å². The molecule has 0 fully saturated rings. The minimum absolute atomic E-state index is 0.241. The van der Waals surface area contributed by atoms with Gasteiger partial charge in [-0.1, -0.05) is 54.6 Å². The van der Waals surface area contributed by atoms with Crippen LogP contribution in [0.3, 0.4) is 0 Å². The van der Waals surface area contributed by atoms with Crippen molar-refractivity contribution in [3.05, 3.63) is 90.5 Å². The number of fused-ring (bicyclic) bond motifs is 1. The van der Waals surface area contributed by atoms with Gasteiger partial charge in [0.2, 0.25) is 0 Å². The Morgan fingerprint density at radius 3 is 2.41 bits per heavy atom. The van der Waals surface area contributed by atoms with Gasteiger partial charge < -0.3 is 20.1 Å². The molecule has 5 nitrogen and oxygen atoms in total. The van der Waals surface area contributed by atoms with Crippen LogP contribution in [0.1, 0.15) is 12.0 Å². The number of para-hydroxylation sites is 1. The minimum atomic E-state index is -0.241. The Kier molecular flexibility index (Phi) is 7.33. The van der Waals surface area contributed by atoms with Crippen molar-refractivity contribution >= 4 is 28.1 Å². The lowest BCUT2D eigenvalue weighted by molar-refractivity contribution is -0.140. The molecular weight excluding hydrogens is 424 g/mol. The number of carbonyl (C=O) groups is 1. The number of nitrogens with two attached hydrogens (primary N) is 1. The summed E-state index contributed by atoms with van der Waals surface area (Å²) in [4.78, 5) is 13.8. The molecule has 0 saturated carbocycles. The number of carbonyl (C=O) groups excluding carboxylic acids is 1. The van der Waals surface area contributed by atoms with E-state index in [0.717, 1.165) is 27.8 Å². The Morgan fingerprint density at radius 1 is 0.912 bits per heavy atom. The van der Waals surface area contributed by atoms with Gasteiger partial charge in [0.1, 0.15) is 12.4 Å². The summed E-state index contributed by atoms with van der Waals surface area (Å²) in [5.74, 6) is 0.425. The Bertz CT molecular complexity index is 1270. The number of aryl methyl sites for hydroxylation is 1. The number of hydrogen-bond donors (Lipinski definition) is 1. The van der Waals surface area contributed by atoms with Crippen molar-refractivity contribution in [2.45, 2.75) is 12.8 Å². The van der Waals surface area contributed by atoms with Crippen LogP contribution < -0.4 is 15.4 Å². The fourth-order valence-corrected chi connectivity index (χ4v) is 4.03. The average molecular weight is 455 g/mol. The van der Waals surface area contributed by atoms with Crippen molar-refractivity contribution in [1.82, 2.24) is 0 Å². The van der Waals surface area contributed by atoms with E-state index in [1.807, 2.05) is 43.4 Å². The van der Waals surface area contributed by atoms with Crippen LogP contribution in [-0.2, 0) is 16.0 Å². The maximum Gasteiger partial charge on any atom is 0.305 e. The highest BCUT2D eigenvalue weighted by Gasteiger charge is 2.15. The number of benzene rings is 4. The maximum absolute atomic E-state index is 11.7. The second-order valence-corrected chi connectivity index (χ2v) is 8.31. The van der Waals surface area contributed by atoms with Gasteiger partial charge >= 0.3 is 5.97 Å². The van der Waals surface area contributed by atoms with E-state index < -0.39 is 0 Å². The third-order valence-electron chi connectivity index (χ3n) is 5.95. The lowest BCUT2D eigenvalue weighted by atomic mass is 9.96. The van der Waals surface area contributed by atoms with Crippen LogP contribution >= 0.6 is 0 Å². The molecule has 0 aliphatic carbocycles. The summed E-state index contributed by atoms with van der Waals surface area (Å²) in [5, 5.41) is 2.32. The quantitative estimate of drug-likeness (QED) is 0.259. The van der Waals surface area contributed by atoms with Crippen LogP contribution in [0.15, 0.2) is 84.9 Å². The first-order chi connectivity index (χ1) is 16.5. The average Bonchev–Trinajstić information content (AvgIpc) is 2.88. The van der Waals surface area contributed by atoms with E-state index in [4.69, 9.17) is 15.2 Å². The largest absolute Gasteiger partial charge is 0.489 e. The second kappa shape index (κ2) is 10.8. The lowest BCUT2D eigenvalue weighted by Crippen LogP contribution is -2.24. The Labute approximate surface area is 200 Å². The van der Waals surface area contributed by atoms with Crippen LogP contribution in [0.2, 0.25) is 0 Å². The molecule has 4 aromatic rings. The highest BCUT2D eigenvalue weighted by atomic mass is 16.5. The fourth-order valence-electron chi connectivity index (χ4n) is 4.03. The van der Waals surface area contributed by atoms with Gasteiger partial charge in [0, 0.05) is 24.7 Å². The molecule has 0 spiro atoms. The number of rotatable bonds is 9. The smallest absolute Gasteiger partial charge is 0.305 e. The molecule has 34 heavy (non-hydrogen) atoms. The molecule has 0 aliphatic rings. The van der Waals surface area contributed by atoms with Gasteiger partial charge in [-0.2, -0.15) is 0 Å². The third kappa shape index (κ3) is 5.49. The molecule has 0 aliphatic heterocycles. The number of ether oxygens (including phenoxy) is 2. The fraction of sp³-hybridized carbons (Fsp3) is 0.207. The molecule has 2 N–H and O–H groups in total. The number of hydrogen-bond acceptors (Lipinski definition) is 5. The predicted molar refractivity (Wildman–Crippen MR) is 139 cm³/mol. The number of methoxy groups -OCH3 is 1. The monoisotopic (exact) mass is 454 g/mol. The van der Waals surface area contributed by atoms with Crippen molar-refractivity contribution in [3.63, 3.8) is 0 Å². The summed E-state index contributed by atoms with van der Waals surface area (Å²) in [6, 6.07) is 28.8. The Morgan fingerprint density at radius 2 is 1.65 bits per heavy atom. The maximum atomic E-state index is 11.7. The zero-order valence-corrected chi connectivity index (χ0v) is 19.7. The van der Waals surface area contributed by atoms with Gasteiger partial charge in [-0.05, 0) is 58.7 Å². The van der Waals surface area contributed by atoms with Gasteiger partial charge in [0.15, 0.2) is 0 Å². The highest BCUT2D eigenvalue weighted by Crippen LogP contribution is 2.38. The number of esters is 1. The summed E-state index contributed by atoms with van der Waals surface area (Å²) in [7, 11) is 3.45. The third-order valence-corrected chi connectivity index (χ3v) is 5.95. The molecule has 4 rings (SSSR count). The van der Waals surface area contributed by atoms with E-state index in [1.165, 1.54) is 12.5 Å². The topological polar surface area (TPSA) is 64.8 Å². The molecule has 174 valence electrons. The summed E-state index contributed by atoms with van der Waals surface area (Å²) in [6.07, 6.45) is 0.851. The molecule has 0 radical (unpaired) electrons. The van der Waals surface area contributed by atoms with E-state index in [2.05, 4.69) is 53.4 Å². The molecule has 0 heterocycles. The zero-order chi connectivity index (χ0) is 23.9. The first kappa shape index (κ1) is 23.2. The molecule has 0 amide bonds. The van der Waals surface area contributed by atoms with Gasteiger partial charge in [0.05, 0.1) is 19.3 Å². The lowest BCUT2D eigenvalue weighted by Gasteiger charge is -2.21. The van der Waals surface area contributed by atoms with E-state index >= 15 is 0 Å². The first-order valence-electron chi connectivity index (χ1n) is 11.4. The van der Waals surface area contributed by atoms with Crippen LogP contribution in [-0.4, -0.2) is 33.3 Å². The number of nitrogens with zero attached hydrogens (tertiary/aromatic N) is 1. The summed E-state index contributed by atoms with van der Waals surface area (Å²) in [5.41, 5.74) is 11.1. The van der Waals surface area contributed by atoms with Gasteiger partial charge in [-0.25, -0.2) is 0 Å². The SMILES string of the molecule is COC(=O)CCc1cc(N)c(OCCN(C)c2ccccc2)c(-c2ccc3ccccc3c2)c1. The predicted octanol–water partition coefficient (Wildman–Crippen LogP) is 5.71. The molecule has 0 atom stereocenters. The van der Waals surface area contributed by atoms with Crippen molar-refractivity contribution in [2.24, 2.45) is 0 Å². The number of nitrogen functional groups attached to an aromatic ring is 1. The van der Waals surface area contributed by atoms with E-state index in [1.54, 1.807) is 0 Å². The van der Waals surface area contributed by atoms with Crippen LogP contribution in [0.4, 0.5) is 11.4 Å². The molecule has 4 aromatic carbocycles. The number of likely N-dealkylation sites (N-methyl/N-ethyl adjacent to an activating group) is 1. The van der Waals surface area contributed by atoms with Crippen LogP contribution in [0, 0.1) is 0 Å². The van der Waals surface area contributed by atoms with Crippen molar-refractivity contribution in [3.8, 4) is 16.9 Å². The van der Waals surface area contributed by atoms with Crippen molar-refractivity contribution < 1.29 is 14.3 Å². The standard InChI is InChI=1S/C29H30N2O3/c1-31(25-10-4-3-5-11-25)16-17-34-29-26(18-21(19-27(29)30)12-15-28(32)33-2)24-14-13-22-8-6-7-9-23(22)20-24/h3-11,13-14,18-20H,12,15-17,30H2,1-2H3. The summed E-state index contributed by atoms with van der Waals surface area (Å²) < 4.78 is 11.1. The molecule has 0 saturated heterocycles. The van der Waals surface area contributed by atoms with Crippen molar-refractivity contribution in [1.29, 1.82) is 0 Å². The molecular formula is C29H30N2O3. The number of anilines is 2. The molecule has 5 heteroatoms. The summed E-state index contributed by atoms with van der Waals surface area (Å²) >= 11 is 0. The summed E-state index contributed by atoms with van der Waals surface area (Å²) in [6.45, 7) is 1.20. The Hall–Kier alpha value is -3.99. The molecule has 0 bridgehead atoms. The van der Waals surface area contributed by atoms with E-state index in [0.29, 0.717) is 37.4 Å². The molecule has 0 unspecified atom stereocenters. The van der Waals surface area contributed by atoms with Gasteiger partial charge in [0.25, 0.3) is 0 Å².